The van der Waals surface area contributed by atoms with Gasteiger partial charge in [-0.15, -0.1) is 0 Å². The number of fused-ring (bicyclic) bond motifs is 3. The van der Waals surface area contributed by atoms with Gasteiger partial charge in [-0.3, -0.25) is 19.9 Å². The first-order chi connectivity index (χ1) is 16.0. The molecule has 5 rings (SSSR count). The number of methoxy groups -OCH3 is 1. The van der Waals surface area contributed by atoms with E-state index in [9.17, 15) is 14.9 Å². The van der Waals surface area contributed by atoms with Gasteiger partial charge in [-0.1, -0.05) is 52.3 Å². The molecule has 0 aromatic heterocycles. The monoisotopic (exact) mass is 505 g/mol. The molecule has 2 aliphatic rings. The summed E-state index contributed by atoms with van der Waals surface area (Å²) in [7, 11) is 1.56. The molecule has 3 aromatic rings. The molecule has 2 heterocycles. The quantitative estimate of drug-likeness (QED) is 0.281. The number of hydrogen-bond acceptors (Lipinski definition) is 6. The fourth-order valence-corrected chi connectivity index (χ4v) is 5.16. The number of nitrogens with zero attached hydrogens (tertiary/aromatic N) is 3. The normalized spacial score (nSPS) is 23.0. The van der Waals surface area contributed by atoms with Crippen LogP contribution in [0, 0.1) is 10.1 Å². The van der Waals surface area contributed by atoms with Crippen molar-refractivity contribution in [1.82, 2.24) is 5.01 Å². The van der Waals surface area contributed by atoms with E-state index in [2.05, 4.69) is 21.0 Å². The molecule has 2 aliphatic heterocycles. The maximum absolute atomic E-state index is 13.8. The second-order valence-electron chi connectivity index (χ2n) is 8.09. The van der Waals surface area contributed by atoms with Crippen LogP contribution in [-0.2, 0) is 0 Å². The number of rotatable bonds is 5. The summed E-state index contributed by atoms with van der Waals surface area (Å²) in [6.45, 7) is 0. The topological polar surface area (TPSA) is 85.0 Å². The average Bonchev–Trinajstić information content (AvgIpc) is 3.20. The van der Waals surface area contributed by atoms with E-state index in [0.29, 0.717) is 11.3 Å². The van der Waals surface area contributed by atoms with Gasteiger partial charge in [0.05, 0.1) is 19.2 Å². The summed E-state index contributed by atoms with van der Waals surface area (Å²) < 4.78 is 6.07. The third-order valence-electron chi connectivity index (χ3n) is 6.39. The van der Waals surface area contributed by atoms with Gasteiger partial charge in [0.25, 0.3) is 0 Å². The largest absolute Gasteiger partial charge is 0.497 e. The van der Waals surface area contributed by atoms with Crippen LogP contribution in [0.3, 0.4) is 0 Å². The third-order valence-corrected chi connectivity index (χ3v) is 6.92. The van der Waals surface area contributed by atoms with Crippen molar-refractivity contribution in [3.63, 3.8) is 0 Å². The predicted octanol–water partition coefficient (Wildman–Crippen LogP) is 4.84. The molecule has 7 nitrogen and oxygen atoms in total. The Hall–Kier alpha value is -3.52. The lowest BCUT2D eigenvalue weighted by Crippen LogP contribution is -2.38. The lowest BCUT2D eigenvalue weighted by molar-refractivity contribution is -0.529. The van der Waals surface area contributed by atoms with Crippen molar-refractivity contribution in [1.29, 1.82) is 0 Å². The molecule has 3 aromatic carbocycles. The SMILES string of the molecule is COc1ccc(C(=O)[C@@H]2[C@H](c3ccc(Br)cc3)[C@H]([N+](=O)[O-])[C@H]3c4ccccc4C=NN23)cc1. The van der Waals surface area contributed by atoms with Crippen LogP contribution in [0.25, 0.3) is 0 Å². The maximum Gasteiger partial charge on any atom is 0.248 e. The minimum atomic E-state index is -1.04. The number of carbonyl (C=O) groups excluding carboxylic acids is 1. The number of halogens is 1. The number of nitro groups is 1. The van der Waals surface area contributed by atoms with Crippen molar-refractivity contribution >= 4 is 27.9 Å². The standard InChI is InChI=1S/C25H20BrN3O4/c1-33-19-12-8-16(9-13-19)25(30)24-21(15-6-10-18(26)11-7-15)23(29(31)32)22-20-5-3-2-4-17(20)14-27-28(22)24/h2-14,21-24H,1H3/t21-,22-,23+,24+/m1/s1. The fraction of sp³-hybridized carbons (Fsp3) is 0.200. The third kappa shape index (κ3) is 3.60. The van der Waals surface area contributed by atoms with Crippen molar-refractivity contribution < 1.29 is 14.5 Å². The molecule has 0 amide bonds. The Balaban J connectivity index is 1.67. The Morgan fingerprint density at radius 3 is 2.42 bits per heavy atom. The maximum atomic E-state index is 13.8. The van der Waals surface area contributed by atoms with Gasteiger partial charge in [0.15, 0.2) is 5.78 Å². The summed E-state index contributed by atoms with van der Waals surface area (Å²) >= 11 is 3.43. The van der Waals surface area contributed by atoms with E-state index in [4.69, 9.17) is 4.74 Å². The molecule has 0 unspecified atom stereocenters. The molecule has 166 valence electrons. The van der Waals surface area contributed by atoms with Crippen LogP contribution in [0.15, 0.2) is 82.4 Å². The van der Waals surface area contributed by atoms with Crippen LogP contribution in [0.4, 0.5) is 0 Å². The molecule has 8 heteroatoms. The highest BCUT2D eigenvalue weighted by Gasteiger charge is 2.60. The summed E-state index contributed by atoms with van der Waals surface area (Å²) in [6, 6.07) is 19.2. The van der Waals surface area contributed by atoms with E-state index in [1.165, 1.54) is 0 Å². The van der Waals surface area contributed by atoms with Crippen molar-refractivity contribution in [2.24, 2.45) is 5.10 Å². The summed E-state index contributed by atoms with van der Waals surface area (Å²) in [6.07, 6.45) is 1.68. The van der Waals surface area contributed by atoms with Crippen LogP contribution < -0.4 is 4.74 Å². The highest BCUT2D eigenvalue weighted by Crippen LogP contribution is 2.49. The van der Waals surface area contributed by atoms with Crippen LogP contribution in [0.5, 0.6) is 5.75 Å². The van der Waals surface area contributed by atoms with Crippen molar-refractivity contribution in [2.75, 3.05) is 7.11 Å². The Bertz CT molecular complexity index is 1240. The molecule has 1 saturated heterocycles. The first-order valence-electron chi connectivity index (χ1n) is 10.5. The van der Waals surface area contributed by atoms with E-state index >= 15 is 0 Å². The van der Waals surface area contributed by atoms with Crippen molar-refractivity contribution in [2.45, 2.75) is 24.0 Å². The average molecular weight is 506 g/mol. The van der Waals surface area contributed by atoms with Gasteiger partial charge in [-0.25, -0.2) is 0 Å². The highest BCUT2D eigenvalue weighted by atomic mass is 79.9. The van der Waals surface area contributed by atoms with Crippen molar-refractivity contribution in [3.05, 3.63) is 110 Å². The summed E-state index contributed by atoms with van der Waals surface area (Å²) in [5.74, 6) is -0.263. The summed E-state index contributed by atoms with van der Waals surface area (Å²) in [5.41, 5.74) is 2.83. The van der Waals surface area contributed by atoms with Crippen LogP contribution in [-0.4, -0.2) is 41.1 Å². The van der Waals surface area contributed by atoms with Crippen LogP contribution in [0.1, 0.15) is 39.0 Å². The van der Waals surface area contributed by atoms with Gasteiger partial charge < -0.3 is 4.74 Å². The molecule has 0 radical (unpaired) electrons. The Morgan fingerprint density at radius 1 is 1.06 bits per heavy atom. The first kappa shape index (κ1) is 21.3. The van der Waals surface area contributed by atoms with Crippen LogP contribution in [0.2, 0.25) is 0 Å². The predicted molar refractivity (Wildman–Crippen MR) is 127 cm³/mol. The molecule has 0 saturated carbocycles. The van der Waals surface area contributed by atoms with Gasteiger partial charge in [-0.2, -0.15) is 5.10 Å². The van der Waals surface area contributed by atoms with Gasteiger partial charge >= 0.3 is 0 Å². The van der Waals surface area contributed by atoms with E-state index in [-0.39, 0.29) is 10.7 Å². The molecular formula is C25H20BrN3O4. The zero-order valence-electron chi connectivity index (χ0n) is 17.7. The highest BCUT2D eigenvalue weighted by molar-refractivity contribution is 9.10. The number of carbonyl (C=O) groups is 1. The van der Waals surface area contributed by atoms with Gasteiger partial charge in [0, 0.05) is 20.5 Å². The van der Waals surface area contributed by atoms with Gasteiger partial charge in [-0.05, 0) is 47.5 Å². The Labute approximate surface area is 199 Å². The number of ether oxygens (including phenoxy) is 1. The molecule has 0 aliphatic carbocycles. The number of ketones is 1. The van der Waals surface area contributed by atoms with Crippen LogP contribution >= 0.6 is 15.9 Å². The lowest BCUT2D eigenvalue weighted by atomic mass is 9.82. The van der Waals surface area contributed by atoms with E-state index in [1.54, 1.807) is 42.6 Å². The van der Waals surface area contributed by atoms with Gasteiger partial charge in [0.1, 0.15) is 17.8 Å². The fourth-order valence-electron chi connectivity index (χ4n) is 4.89. The van der Waals surface area contributed by atoms with Gasteiger partial charge in [0.2, 0.25) is 6.04 Å². The zero-order valence-corrected chi connectivity index (χ0v) is 19.3. The molecule has 1 fully saturated rings. The molecule has 0 bridgehead atoms. The minimum Gasteiger partial charge on any atom is -0.497 e. The molecule has 0 N–H and O–H groups in total. The number of hydrazone groups is 1. The molecule has 4 atom stereocenters. The lowest BCUT2D eigenvalue weighted by Gasteiger charge is -2.30. The van der Waals surface area contributed by atoms with E-state index < -0.39 is 24.0 Å². The number of hydrogen-bond donors (Lipinski definition) is 0. The zero-order chi connectivity index (χ0) is 23.1. The van der Waals surface area contributed by atoms with Crippen molar-refractivity contribution in [3.8, 4) is 5.75 Å². The van der Waals surface area contributed by atoms with E-state index in [0.717, 1.165) is 21.2 Å². The number of Topliss-reactive ketones (excluding diaryl/α,β-unsaturated/α-hetero) is 1. The second kappa shape index (κ2) is 8.44. The summed E-state index contributed by atoms with van der Waals surface area (Å²) in [4.78, 5) is 26.1. The molecule has 33 heavy (non-hydrogen) atoms. The second-order valence-corrected chi connectivity index (χ2v) is 9.00. The molecular weight excluding hydrogens is 486 g/mol. The molecule has 0 spiro atoms. The smallest absolute Gasteiger partial charge is 0.248 e. The summed E-state index contributed by atoms with van der Waals surface area (Å²) in [5, 5.41) is 18.7. The Morgan fingerprint density at radius 2 is 1.76 bits per heavy atom. The number of benzene rings is 3. The Kier molecular flexibility index (Phi) is 5.46. The minimum absolute atomic E-state index is 0.212. The first-order valence-corrected chi connectivity index (χ1v) is 11.3. The van der Waals surface area contributed by atoms with E-state index in [1.807, 2.05) is 48.5 Å².